The minimum absolute atomic E-state index is 0.0994. The molecule has 0 aliphatic carbocycles. The largest absolute Gasteiger partial charge is 0.389 e. The maximum atomic E-state index is 12.3. The van der Waals surface area contributed by atoms with Crippen molar-refractivity contribution in [3.05, 3.63) is 29.8 Å². The van der Waals surface area contributed by atoms with Crippen LogP contribution >= 0.6 is 12.2 Å². The maximum absolute atomic E-state index is 12.3. The molecule has 1 aromatic rings. The van der Waals surface area contributed by atoms with Gasteiger partial charge in [-0.05, 0) is 33.0 Å². The monoisotopic (exact) mass is 309 g/mol. The van der Waals surface area contributed by atoms with Gasteiger partial charge in [0.15, 0.2) is 0 Å². The van der Waals surface area contributed by atoms with Gasteiger partial charge in [-0.3, -0.25) is 9.69 Å². The summed E-state index contributed by atoms with van der Waals surface area (Å²) in [5.74, 6) is -0.0994. The fourth-order valence-electron chi connectivity index (χ4n) is 1.79. The van der Waals surface area contributed by atoms with E-state index in [1.54, 1.807) is 12.1 Å². The number of carbonyl (C=O) groups excluding carboxylic acids is 1. The molecule has 0 aliphatic heterocycles. The van der Waals surface area contributed by atoms with Crippen molar-refractivity contribution >= 4 is 28.8 Å². The molecule has 3 N–H and O–H groups in total. The molecule has 0 heterocycles. The molecule has 1 amide bonds. The number of hydrogen-bond donors (Lipinski definition) is 2. The van der Waals surface area contributed by atoms with E-state index in [4.69, 9.17) is 22.7 Å². The van der Waals surface area contributed by atoms with Crippen LogP contribution in [-0.4, -0.2) is 48.6 Å². The number of nitrogens with one attached hydrogen (secondary N) is 1. The lowest BCUT2D eigenvalue weighted by Gasteiger charge is -2.24. The van der Waals surface area contributed by atoms with E-state index in [9.17, 15) is 4.79 Å². The Balaban J connectivity index is 2.66. The van der Waals surface area contributed by atoms with Crippen molar-refractivity contribution in [2.24, 2.45) is 5.73 Å². The number of nitrogens with two attached hydrogens (primary N) is 1. The zero-order valence-electron chi connectivity index (χ0n) is 12.8. The fourth-order valence-corrected chi connectivity index (χ4v) is 1.97. The van der Waals surface area contributed by atoms with E-state index in [0.717, 1.165) is 0 Å². The summed E-state index contributed by atoms with van der Waals surface area (Å²) in [7, 11) is 1.89. The minimum atomic E-state index is -0.273. The van der Waals surface area contributed by atoms with Crippen LogP contribution in [0.3, 0.4) is 0 Å². The van der Waals surface area contributed by atoms with Crippen molar-refractivity contribution in [2.45, 2.75) is 19.9 Å². The third kappa shape index (κ3) is 5.41. The van der Waals surface area contributed by atoms with Gasteiger partial charge in [0.1, 0.15) is 4.99 Å². The van der Waals surface area contributed by atoms with Crippen molar-refractivity contribution in [3.8, 4) is 0 Å². The Morgan fingerprint density at radius 3 is 2.76 bits per heavy atom. The lowest BCUT2D eigenvalue weighted by molar-refractivity contribution is -0.120. The molecule has 5 nitrogen and oxygen atoms in total. The summed E-state index contributed by atoms with van der Waals surface area (Å²) < 4.78 is 5.30. The van der Waals surface area contributed by atoms with E-state index in [2.05, 4.69) is 5.32 Å². The molecule has 116 valence electrons. The van der Waals surface area contributed by atoms with E-state index < -0.39 is 0 Å². The Labute approximate surface area is 131 Å². The van der Waals surface area contributed by atoms with Gasteiger partial charge in [0.05, 0.1) is 18.3 Å². The first-order chi connectivity index (χ1) is 9.97. The molecule has 0 bridgehead atoms. The average molecular weight is 309 g/mol. The third-order valence-electron chi connectivity index (χ3n) is 3.28. The normalized spacial score (nSPS) is 12.2. The van der Waals surface area contributed by atoms with Gasteiger partial charge < -0.3 is 15.8 Å². The number of likely N-dealkylation sites (N-methyl/N-ethyl adjacent to an activating group) is 1. The number of thiocarbonyl (C=S) groups is 1. The topological polar surface area (TPSA) is 67.6 Å². The van der Waals surface area contributed by atoms with Crippen LogP contribution in [0.4, 0.5) is 5.69 Å². The highest BCUT2D eigenvalue weighted by atomic mass is 32.1. The molecule has 0 aromatic heterocycles. The molecule has 0 saturated heterocycles. The number of amides is 1. The number of rotatable bonds is 8. The summed E-state index contributed by atoms with van der Waals surface area (Å²) in [6.07, 6.45) is 0. The predicted molar refractivity (Wildman–Crippen MR) is 89.5 cm³/mol. The average Bonchev–Trinajstić information content (AvgIpc) is 2.46. The standard InChI is InChI=1S/C15H23N3O2S/c1-4-20-10-9-18(3)11(2)15(19)17-13-8-6-5-7-12(13)14(16)21/h5-8,11H,4,9-10H2,1-3H3,(H2,16,21)(H,17,19). The number of benzene rings is 1. The molecule has 0 radical (unpaired) electrons. The van der Waals surface area contributed by atoms with Crippen molar-refractivity contribution in [2.75, 3.05) is 32.1 Å². The van der Waals surface area contributed by atoms with E-state index in [1.165, 1.54) is 0 Å². The smallest absolute Gasteiger partial charge is 0.241 e. The summed E-state index contributed by atoms with van der Waals surface area (Å²) in [5.41, 5.74) is 6.97. The second-order valence-corrected chi connectivity index (χ2v) is 5.19. The molecule has 1 atom stereocenters. The van der Waals surface area contributed by atoms with Crippen LogP contribution in [0, 0.1) is 0 Å². The lowest BCUT2D eigenvalue weighted by atomic mass is 10.1. The maximum Gasteiger partial charge on any atom is 0.241 e. The summed E-state index contributed by atoms with van der Waals surface area (Å²) in [5, 5.41) is 2.87. The first-order valence-electron chi connectivity index (χ1n) is 6.95. The number of para-hydroxylation sites is 1. The number of carbonyl (C=O) groups is 1. The highest BCUT2D eigenvalue weighted by Gasteiger charge is 2.19. The van der Waals surface area contributed by atoms with Crippen molar-refractivity contribution in [3.63, 3.8) is 0 Å². The molecule has 1 aromatic carbocycles. The number of nitrogens with zero attached hydrogens (tertiary/aromatic N) is 1. The predicted octanol–water partition coefficient (Wildman–Crippen LogP) is 1.62. The summed E-state index contributed by atoms with van der Waals surface area (Å²) >= 11 is 4.99. The highest BCUT2D eigenvalue weighted by molar-refractivity contribution is 7.80. The van der Waals surface area contributed by atoms with Gasteiger partial charge >= 0.3 is 0 Å². The molecular weight excluding hydrogens is 286 g/mol. The molecule has 0 aliphatic rings. The van der Waals surface area contributed by atoms with Gasteiger partial charge in [0.2, 0.25) is 5.91 Å². The Hall–Kier alpha value is -1.50. The second kappa shape index (κ2) is 8.71. The van der Waals surface area contributed by atoms with Crippen molar-refractivity contribution < 1.29 is 9.53 Å². The second-order valence-electron chi connectivity index (χ2n) is 4.75. The molecule has 1 rings (SSSR count). The van der Waals surface area contributed by atoms with Crippen LogP contribution in [0.2, 0.25) is 0 Å². The Morgan fingerprint density at radius 1 is 1.48 bits per heavy atom. The molecular formula is C15H23N3O2S. The Bertz CT molecular complexity index is 494. The van der Waals surface area contributed by atoms with E-state index in [0.29, 0.717) is 31.0 Å². The molecule has 0 saturated carbocycles. The Kier molecular flexibility index (Phi) is 7.28. The molecule has 21 heavy (non-hydrogen) atoms. The van der Waals surface area contributed by atoms with Crippen molar-refractivity contribution in [1.29, 1.82) is 0 Å². The van der Waals surface area contributed by atoms with Gasteiger partial charge in [-0.1, -0.05) is 24.4 Å². The zero-order chi connectivity index (χ0) is 15.8. The van der Waals surface area contributed by atoms with Crippen LogP contribution in [0.15, 0.2) is 24.3 Å². The minimum Gasteiger partial charge on any atom is -0.389 e. The zero-order valence-corrected chi connectivity index (χ0v) is 13.6. The van der Waals surface area contributed by atoms with Gasteiger partial charge in [-0.2, -0.15) is 0 Å². The quantitative estimate of drug-likeness (QED) is 0.564. The number of hydrogen-bond acceptors (Lipinski definition) is 4. The molecule has 0 spiro atoms. The van der Waals surface area contributed by atoms with Gasteiger partial charge in [0, 0.05) is 18.7 Å². The number of ether oxygens (including phenoxy) is 1. The molecule has 0 fully saturated rings. The molecule has 6 heteroatoms. The highest BCUT2D eigenvalue weighted by Crippen LogP contribution is 2.15. The van der Waals surface area contributed by atoms with Crippen LogP contribution in [-0.2, 0) is 9.53 Å². The third-order valence-corrected chi connectivity index (χ3v) is 3.50. The van der Waals surface area contributed by atoms with Crippen LogP contribution in [0.5, 0.6) is 0 Å². The number of anilines is 1. The lowest BCUT2D eigenvalue weighted by Crippen LogP contribution is -2.41. The first kappa shape index (κ1) is 17.6. The van der Waals surface area contributed by atoms with Gasteiger partial charge in [0.25, 0.3) is 0 Å². The van der Waals surface area contributed by atoms with Crippen molar-refractivity contribution in [1.82, 2.24) is 4.90 Å². The first-order valence-corrected chi connectivity index (χ1v) is 7.35. The van der Waals surface area contributed by atoms with E-state index in [1.807, 2.05) is 37.9 Å². The fraction of sp³-hybridized carbons (Fsp3) is 0.467. The van der Waals surface area contributed by atoms with E-state index >= 15 is 0 Å². The SMILES string of the molecule is CCOCCN(C)C(C)C(=O)Nc1ccccc1C(N)=S. The summed E-state index contributed by atoms with van der Waals surface area (Å²) in [6.45, 7) is 5.77. The van der Waals surface area contributed by atoms with Gasteiger partial charge in [-0.15, -0.1) is 0 Å². The van der Waals surface area contributed by atoms with Crippen LogP contribution in [0.25, 0.3) is 0 Å². The summed E-state index contributed by atoms with van der Waals surface area (Å²) in [4.78, 5) is 14.5. The van der Waals surface area contributed by atoms with Gasteiger partial charge in [-0.25, -0.2) is 0 Å². The Morgan fingerprint density at radius 2 is 2.14 bits per heavy atom. The summed E-state index contributed by atoms with van der Waals surface area (Å²) in [6, 6.07) is 6.98. The van der Waals surface area contributed by atoms with E-state index in [-0.39, 0.29) is 16.9 Å². The van der Waals surface area contributed by atoms with Crippen LogP contribution < -0.4 is 11.1 Å². The molecule has 1 unspecified atom stereocenters. The van der Waals surface area contributed by atoms with Crippen LogP contribution in [0.1, 0.15) is 19.4 Å².